The van der Waals surface area contributed by atoms with Gasteiger partial charge in [0.05, 0.1) is 11.9 Å². The van der Waals surface area contributed by atoms with Gasteiger partial charge in [0.15, 0.2) is 0 Å². The Morgan fingerprint density at radius 2 is 2.28 bits per heavy atom. The van der Waals surface area contributed by atoms with Crippen LogP contribution in [0, 0.1) is 0 Å². The molecule has 18 heavy (non-hydrogen) atoms. The molecule has 0 bridgehead atoms. The SMILES string of the molecule is CCNc1nc(CN(C)C2CC2)nc2sccc12. The zero-order valence-corrected chi connectivity index (χ0v) is 11.6. The van der Waals surface area contributed by atoms with Crippen molar-refractivity contribution in [1.82, 2.24) is 14.9 Å². The van der Waals surface area contributed by atoms with Crippen molar-refractivity contribution in [3.8, 4) is 0 Å². The molecule has 5 heteroatoms. The summed E-state index contributed by atoms with van der Waals surface area (Å²) < 4.78 is 0. The van der Waals surface area contributed by atoms with Crippen LogP contribution in [-0.2, 0) is 6.54 Å². The first-order chi connectivity index (χ1) is 8.78. The second-order valence-electron chi connectivity index (χ2n) is 4.80. The third-order valence-electron chi connectivity index (χ3n) is 3.28. The maximum atomic E-state index is 4.66. The molecule has 2 heterocycles. The summed E-state index contributed by atoms with van der Waals surface area (Å²) in [6, 6.07) is 2.84. The molecule has 1 N–H and O–H groups in total. The van der Waals surface area contributed by atoms with E-state index in [0.717, 1.165) is 41.0 Å². The van der Waals surface area contributed by atoms with E-state index in [4.69, 9.17) is 0 Å². The lowest BCUT2D eigenvalue weighted by atomic mass is 10.3. The van der Waals surface area contributed by atoms with Crippen LogP contribution in [0.5, 0.6) is 0 Å². The molecule has 0 amide bonds. The number of hydrogen-bond acceptors (Lipinski definition) is 5. The van der Waals surface area contributed by atoms with E-state index in [0.29, 0.717) is 0 Å². The second-order valence-corrected chi connectivity index (χ2v) is 5.70. The monoisotopic (exact) mass is 262 g/mol. The molecule has 96 valence electrons. The van der Waals surface area contributed by atoms with Gasteiger partial charge >= 0.3 is 0 Å². The highest BCUT2D eigenvalue weighted by molar-refractivity contribution is 7.16. The summed E-state index contributed by atoms with van der Waals surface area (Å²) in [6.45, 7) is 3.83. The van der Waals surface area contributed by atoms with E-state index in [2.05, 4.69) is 45.6 Å². The molecule has 1 aliphatic carbocycles. The molecule has 0 radical (unpaired) electrons. The molecule has 0 aromatic carbocycles. The molecule has 1 aliphatic rings. The van der Waals surface area contributed by atoms with Crippen molar-refractivity contribution < 1.29 is 0 Å². The highest BCUT2D eigenvalue weighted by atomic mass is 32.1. The van der Waals surface area contributed by atoms with Gasteiger partial charge in [-0.15, -0.1) is 11.3 Å². The number of nitrogens with one attached hydrogen (secondary N) is 1. The smallest absolute Gasteiger partial charge is 0.146 e. The molecule has 0 spiro atoms. The van der Waals surface area contributed by atoms with E-state index in [-0.39, 0.29) is 0 Å². The summed E-state index contributed by atoms with van der Waals surface area (Å²) in [6.07, 6.45) is 2.63. The van der Waals surface area contributed by atoms with Gasteiger partial charge in [-0.25, -0.2) is 9.97 Å². The standard InChI is InChI=1S/C13H18N4S/c1-3-14-12-10-6-7-18-13(10)16-11(15-12)8-17(2)9-4-5-9/h6-7,9H,3-5,8H2,1-2H3,(H,14,15,16). The molecule has 4 nitrogen and oxygen atoms in total. The van der Waals surface area contributed by atoms with Gasteiger partial charge in [0, 0.05) is 12.6 Å². The number of nitrogens with zero attached hydrogens (tertiary/aromatic N) is 3. The Morgan fingerprint density at radius 1 is 1.44 bits per heavy atom. The van der Waals surface area contributed by atoms with Gasteiger partial charge in [-0.1, -0.05) is 0 Å². The van der Waals surface area contributed by atoms with Gasteiger partial charge in [-0.3, -0.25) is 4.90 Å². The van der Waals surface area contributed by atoms with Crippen molar-refractivity contribution in [2.24, 2.45) is 0 Å². The number of rotatable bonds is 5. The zero-order chi connectivity index (χ0) is 12.5. The lowest BCUT2D eigenvalue weighted by molar-refractivity contribution is 0.308. The van der Waals surface area contributed by atoms with Crippen LogP contribution in [0.3, 0.4) is 0 Å². The summed E-state index contributed by atoms with van der Waals surface area (Å²) in [5.74, 6) is 1.90. The molecule has 0 atom stereocenters. The summed E-state index contributed by atoms with van der Waals surface area (Å²) >= 11 is 1.68. The maximum absolute atomic E-state index is 4.66. The van der Waals surface area contributed by atoms with Crippen molar-refractivity contribution in [2.75, 3.05) is 18.9 Å². The minimum atomic E-state index is 0.746. The largest absolute Gasteiger partial charge is 0.370 e. The molecular formula is C13H18N4S. The molecule has 0 saturated heterocycles. The number of fused-ring (bicyclic) bond motifs is 1. The Labute approximate surface area is 111 Å². The van der Waals surface area contributed by atoms with Crippen LogP contribution in [0.25, 0.3) is 10.2 Å². The van der Waals surface area contributed by atoms with Crippen molar-refractivity contribution in [3.63, 3.8) is 0 Å². The first-order valence-corrected chi connectivity index (χ1v) is 7.34. The first-order valence-electron chi connectivity index (χ1n) is 6.46. The van der Waals surface area contributed by atoms with E-state index in [9.17, 15) is 0 Å². The van der Waals surface area contributed by atoms with Gasteiger partial charge < -0.3 is 5.32 Å². The Bertz CT molecular complexity index is 547. The summed E-state index contributed by atoms with van der Waals surface area (Å²) in [5, 5.41) is 6.55. The summed E-state index contributed by atoms with van der Waals surface area (Å²) in [5.41, 5.74) is 0. The van der Waals surface area contributed by atoms with Crippen LogP contribution >= 0.6 is 11.3 Å². The lowest BCUT2D eigenvalue weighted by Gasteiger charge is -2.15. The highest BCUT2D eigenvalue weighted by Gasteiger charge is 2.26. The molecule has 2 aromatic rings. The second kappa shape index (κ2) is 4.82. The third kappa shape index (κ3) is 2.33. The van der Waals surface area contributed by atoms with E-state index in [1.165, 1.54) is 12.8 Å². The number of aromatic nitrogens is 2. The fourth-order valence-corrected chi connectivity index (χ4v) is 2.92. The van der Waals surface area contributed by atoms with Gasteiger partial charge in [-0.2, -0.15) is 0 Å². The maximum Gasteiger partial charge on any atom is 0.146 e. The van der Waals surface area contributed by atoms with Crippen LogP contribution in [0.4, 0.5) is 5.82 Å². The van der Waals surface area contributed by atoms with Crippen LogP contribution in [0.15, 0.2) is 11.4 Å². The fourth-order valence-electron chi connectivity index (χ4n) is 2.14. The van der Waals surface area contributed by atoms with Gasteiger partial charge in [0.1, 0.15) is 16.5 Å². The van der Waals surface area contributed by atoms with Crippen molar-refractivity contribution in [2.45, 2.75) is 32.4 Å². The molecule has 0 aliphatic heterocycles. The minimum Gasteiger partial charge on any atom is -0.370 e. The minimum absolute atomic E-state index is 0.746. The van der Waals surface area contributed by atoms with Crippen LogP contribution in [-0.4, -0.2) is 34.5 Å². The predicted molar refractivity (Wildman–Crippen MR) is 76.1 cm³/mol. The Kier molecular flexibility index (Phi) is 3.18. The summed E-state index contributed by atoms with van der Waals surface area (Å²) in [4.78, 5) is 12.7. The number of anilines is 1. The van der Waals surface area contributed by atoms with E-state index < -0.39 is 0 Å². The average Bonchev–Trinajstić information content (AvgIpc) is 3.09. The molecule has 3 rings (SSSR count). The first kappa shape index (κ1) is 11.9. The van der Waals surface area contributed by atoms with E-state index in [1.54, 1.807) is 11.3 Å². The molecule has 2 aromatic heterocycles. The van der Waals surface area contributed by atoms with Crippen LogP contribution in [0.1, 0.15) is 25.6 Å². The van der Waals surface area contributed by atoms with Gasteiger partial charge in [0.25, 0.3) is 0 Å². The van der Waals surface area contributed by atoms with Gasteiger partial charge in [-0.05, 0) is 38.3 Å². The Balaban J connectivity index is 1.90. The van der Waals surface area contributed by atoms with E-state index >= 15 is 0 Å². The fraction of sp³-hybridized carbons (Fsp3) is 0.538. The molecular weight excluding hydrogens is 244 g/mol. The third-order valence-corrected chi connectivity index (χ3v) is 4.08. The highest BCUT2D eigenvalue weighted by Crippen LogP contribution is 2.28. The topological polar surface area (TPSA) is 41.1 Å². The zero-order valence-electron chi connectivity index (χ0n) is 10.8. The van der Waals surface area contributed by atoms with Crippen molar-refractivity contribution >= 4 is 27.4 Å². The predicted octanol–water partition coefficient (Wildman–Crippen LogP) is 2.72. The number of hydrogen-bond donors (Lipinski definition) is 1. The van der Waals surface area contributed by atoms with Crippen LogP contribution < -0.4 is 5.32 Å². The van der Waals surface area contributed by atoms with Crippen LogP contribution in [0.2, 0.25) is 0 Å². The summed E-state index contributed by atoms with van der Waals surface area (Å²) in [7, 11) is 2.16. The normalized spacial score (nSPS) is 15.5. The van der Waals surface area contributed by atoms with Gasteiger partial charge in [0.2, 0.25) is 0 Å². The Morgan fingerprint density at radius 3 is 3.00 bits per heavy atom. The average molecular weight is 262 g/mol. The molecule has 1 saturated carbocycles. The lowest BCUT2D eigenvalue weighted by Crippen LogP contribution is -2.21. The molecule has 0 unspecified atom stereocenters. The number of thiophene rings is 1. The quantitative estimate of drug-likeness (QED) is 0.899. The van der Waals surface area contributed by atoms with E-state index in [1.807, 2.05) is 0 Å². The van der Waals surface area contributed by atoms with Crippen molar-refractivity contribution in [3.05, 3.63) is 17.3 Å². The Hall–Kier alpha value is -1.20. The van der Waals surface area contributed by atoms with Crippen molar-refractivity contribution in [1.29, 1.82) is 0 Å². The molecule has 1 fully saturated rings.